The first-order valence-electron chi connectivity index (χ1n) is 5.28. The predicted octanol–water partition coefficient (Wildman–Crippen LogP) is 3.49. The molecular weight excluding hydrogens is 226 g/mol. The minimum absolute atomic E-state index is 0.197. The van der Waals surface area contributed by atoms with Gasteiger partial charge in [-0.2, -0.15) is 0 Å². The van der Waals surface area contributed by atoms with Crippen molar-refractivity contribution < 1.29 is 18.7 Å². The van der Waals surface area contributed by atoms with Crippen molar-refractivity contribution in [3.63, 3.8) is 0 Å². The topological polar surface area (TPSA) is 37.3 Å². The van der Waals surface area contributed by atoms with E-state index < -0.39 is 11.6 Å². The highest BCUT2D eigenvalue weighted by molar-refractivity contribution is 5.32. The lowest BCUT2D eigenvalue weighted by Gasteiger charge is -2.09. The van der Waals surface area contributed by atoms with Gasteiger partial charge in [-0.05, 0) is 36.8 Å². The fourth-order valence-electron chi connectivity index (χ4n) is 2.03. The van der Waals surface area contributed by atoms with Crippen LogP contribution in [-0.2, 0) is 4.79 Å². The van der Waals surface area contributed by atoms with Crippen molar-refractivity contribution in [1.82, 2.24) is 0 Å². The molecule has 2 rings (SSSR count). The molecule has 1 aliphatic carbocycles. The van der Waals surface area contributed by atoms with Crippen LogP contribution in [0.25, 0.3) is 0 Å². The zero-order valence-electron chi connectivity index (χ0n) is 9.33. The molecule has 0 aliphatic heterocycles. The molecule has 0 saturated heterocycles. The maximum absolute atomic E-state index is 13.4. The Kier molecular flexibility index (Phi) is 4.82. The van der Waals surface area contributed by atoms with Crippen molar-refractivity contribution in [1.29, 1.82) is 0 Å². The maximum atomic E-state index is 13.4. The average Bonchev–Trinajstić information content (AvgIpc) is 2.66. The van der Waals surface area contributed by atoms with E-state index >= 15 is 0 Å². The Morgan fingerprint density at radius 2 is 2.06 bits per heavy atom. The minimum atomic E-state index is -0.511. The van der Waals surface area contributed by atoms with Gasteiger partial charge in [0.1, 0.15) is 11.6 Å². The molecule has 1 N–H and O–H groups in total. The molecule has 17 heavy (non-hydrogen) atoms. The molecule has 92 valence electrons. The van der Waals surface area contributed by atoms with Crippen LogP contribution in [0.2, 0.25) is 0 Å². The first-order chi connectivity index (χ1) is 8.08. The molecule has 0 bridgehead atoms. The molecule has 1 aliphatic rings. The summed E-state index contributed by atoms with van der Waals surface area (Å²) in [5.74, 6) is -0.740. The summed E-state index contributed by atoms with van der Waals surface area (Å²) in [5, 5.41) is 6.89. The van der Waals surface area contributed by atoms with E-state index in [0.29, 0.717) is 5.56 Å². The van der Waals surface area contributed by atoms with Crippen molar-refractivity contribution in [2.75, 3.05) is 0 Å². The number of carbonyl (C=O) groups is 1. The second kappa shape index (κ2) is 6.13. The molecule has 1 saturated carbocycles. The second-order valence-corrected chi connectivity index (χ2v) is 3.96. The summed E-state index contributed by atoms with van der Waals surface area (Å²) in [5.41, 5.74) is 1.80. The Bertz CT molecular complexity index is 416. The monoisotopic (exact) mass is 240 g/mol. The Morgan fingerprint density at radius 1 is 1.41 bits per heavy atom. The number of rotatable bonds is 1. The summed E-state index contributed by atoms with van der Waals surface area (Å²) >= 11 is 0. The molecule has 0 spiro atoms. The van der Waals surface area contributed by atoms with E-state index in [9.17, 15) is 8.78 Å². The fourth-order valence-corrected chi connectivity index (χ4v) is 2.03. The van der Waals surface area contributed by atoms with E-state index in [-0.39, 0.29) is 12.4 Å². The van der Waals surface area contributed by atoms with Crippen molar-refractivity contribution in [2.24, 2.45) is 0 Å². The molecule has 0 heterocycles. The van der Waals surface area contributed by atoms with Crippen molar-refractivity contribution in [3.05, 3.63) is 47.5 Å². The molecule has 2 nitrogen and oxygen atoms in total. The average molecular weight is 240 g/mol. The SMILES string of the molecule is C=C1CCC(c2ccc(F)cc2F)C1.O=CO. The van der Waals surface area contributed by atoms with Gasteiger partial charge in [0.15, 0.2) is 0 Å². The normalized spacial score (nSPS) is 18.5. The molecule has 0 amide bonds. The van der Waals surface area contributed by atoms with Gasteiger partial charge in [-0.3, -0.25) is 4.79 Å². The van der Waals surface area contributed by atoms with E-state index in [1.165, 1.54) is 11.6 Å². The Labute approximate surface area is 98.6 Å². The summed E-state index contributed by atoms with van der Waals surface area (Å²) in [6.45, 7) is 3.63. The number of allylic oxidation sites excluding steroid dienone is 1. The van der Waals surface area contributed by atoms with Gasteiger partial charge in [0, 0.05) is 6.07 Å². The molecule has 4 heteroatoms. The Hall–Kier alpha value is -1.71. The molecular formula is C13H14F2O2. The lowest BCUT2D eigenvalue weighted by molar-refractivity contribution is -0.122. The van der Waals surface area contributed by atoms with Crippen molar-refractivity contribution in [2.45, 2.75) is 25.2 Å². The molecule has 1 unspecified atom stereocenters. The zero-order chi connectivity index (χ0) is 12.8. The predicted molar refractivity (Wildman–Crippen MR) is 60.8 cm³/mol. The number of benzene rings is 1. The van der Waals surface area contributed by atoms with Gasteiger partial charge in [0.2, 0.25) is 0 Å². The van der Waals surface area contributed by atoms with Crippen molar-refractivity contribution >= 4 is 6.47 Å². The van der Waals surface area contributed by atoms with Crippen LogP contribution < -0.4 is 0 Å². The van der Waals surface area contributed by atoms with Gasteiger partial charge in [0.05, 0.1) is 0 Å². The molecule has 1 aromatic rings. The van der Waals surface area contributed by atoms with Gasteiger partial charge < -0.3 is 5.11 Å². The summed E-state index contributed by atoms with van der Waals surface area (Å²) in [6.07, 6.45) is 2.73. The number of hydrogen-bond donors (Lipinski definition) is 1. The van der Waals surface area contributed by atoms with E-state index in [4.69, 9.17) is 9.90 Å². The zero-order valence-corrected chi connectivity index (χ0v) is 9.33. The van der Waals surface area contributed by atoms with Crippen LogP contribution in [0.3, 0.4) is 0 Å². The van der Waals surface area contributed by atoms with Gasteiger partial charge in [-0.1, -0.05) is 18.2 Å². The molecule has 0 radical (unpaired) electrons. The largest absolute Gasteiger partial charge is 0.483 e. The van der Waals surface area contributed by atoms with Crippen LogP contribution in [0.4, 0.5) is 8.78 Å². The smallest absolute Gasteiger partial charge is 0.290 e. The molecule has 0 aromatic heterocycles. The first-order valence-corrected chi connectivity index (χ1v) is 5.28. The quantitative estimate of drug-likeness (QED) is 0.602. The highest BCUT2D eigenvalue weighted by Crippen LogP contribution is 2.37. The number of halogens is 2. The van der Waals surface area contributed by atoms with E-state index in [2.05, 4.69) is 6.58 Å². The Balaban J connectivity index is 0.000000437. The van der Waals surface area contributed by atoms with Crippen LogP contribution >= 0.6 is 0 Å². The number of hydrogen-bond acceptors (Lipinski definition) is 1. The minimum Gasteiger partial charge on any atom is -0.483 e. The van der Waals surface area contributed by atoms with E-state index in [0.717, 1.165) is 25.3 Å². The van der Waals surface area contributed by atoms with E-state index in [1.54, 1.807) is 6.07 Å². The van der Waals surface area contributed by atoms with Crippen molar-refractivity contribution in [3.8, 4) is 0 Å². The fraction of sp³-hybridized carbons (Fsp3) is 0.308. The van der Waals surface area contributed by atoms with Gasteiger partial charge in [-0.25, -0.2) is 8.78 Å². The van der Waals surface area contributed by atoms with Crippen LogP contribution in [-0.4, -0.2) is 11.6 Å². The van der Waals surface area contributed by atoms with E-state index in [1.807, 2.05) is 0 Å². The summed E-state index contributed by atoms with van der Waals surface area (Å²) in [6, 6.07) is 3.82. The second-order valence-electron chi connectivity index (χ2n) is 3.96. The maximum Gasteiger partial charge on any atom is 0.290 e. The van der Waals surface area contributed by atoms with Crippen LogP contribution in [0.5, 0.6) is 0 Å². The summed E-state index contributed by atoms with van der Waals surface area (Å²) < 4.78 is 26.0. The van der Waals surface area contributed by atoms with Gasteiger partial charge in [-0.15, -0.1) is 0 Å². The number of carboxylic acid groups (broad SMARTS) is 1. The van der Waals surface area contributed by atoms with Crippen LogP contribution in [0, 0.1) is 11.6 Å². The van der Waals surface area contributed by atoms with Gasteiger partial charge >= 0.3 is 0 Å². The third kappa shape index (κ3) is 3.66. The molecule has 1 fully saturated rings. The summed E-state index contributed by atoms with van der Waals surface area (Å²) in [4.78, 5) is 8.36. The summed E-state index contributed by atoms with van der Waals surface area (Å²) in [7, 11) is 0. The first kappa shape index (κ1) is 13.4. The molecule has 1 atom stereocenters. The standard InChI is InChI=1S/C12H12F2.CH2O2/c1-8-2-3-9(6-8)11-5-4-10(13)7-12(11)14;2-1-3/h4-5,7,9H,1-3,6H2;1H,(H,2,3). The highest BCUT2D eigenvalue weighted by Gasteiger charge is 2.22. The lowest BCUT2D eigenvalue weighted by Crippen LogP contribution is -1.97. The third-order valence-electron chi connectivity index (χ3n) is 2.78. The van der Waals surface area contributed by atoms with Crippen LogP contribution in [0.1, 0.15) is 30.7 Å². The van der Waals surface area contributed by atoms with Crippen LogP contribution in [0.15, 0.2) is 30.4 Å². The third-order valence-corrected chi connectivity index (χ3v) is 2.78. The highest BCUT2D eigenvalue weighted by atomic mass is 19.1. The van der Waals surface area contributed by atoms with Gasteiger partial charge in [0.25, 0.3) is 6.47 Å². The Morgan fingerprint density at radius 3 is 2.53 bits per heavy atom. The molecule has 1 aromatic carbocycles. The lowest BCUT2D eigenvalue weighted by atomic mass is 9.97.